The summed E-state index contributed by atoms with van der Waals surface area (Å²) in [5.74, 6) is -0.117. The van der Waals surface area contributed by atoms with Gasteiger partial charge in [-0.2, -0.15) is 0 Å². The van der Waals surface area contributed by atoms with E-state index in [4.69, 9.17) is 0 Å². The average molecular weight is 298 g/mol. The van der Waals surface area contributed by atoms with Crippen molar-refractivity contribution in [3.05, 3.63) is 0 Å². The molecular formula is C18H34O3. The summed E-state index contributed by atoms with van der Waals surface area (Å²) in [7, 11) is 0. The third-order valence-corrected chi connectivity index (χ3v) is 3.93. The molecule has 0 fully saturated rings. The van der Waals surface area contributed by atoms with E-state index in [2.05, 4.69) is 13.8 Å². The quantitative estimate of drug-likeness (QED) is 0.776. The van der Waals surface area contributed by atoms with Crippen molar-refractivity contribution in [2.24, 2.45) is 28.6 Å². The van der Waals surface area contributed by atoms with Crippen molar-refractivity contribution in [1.29, 1.82) is 0 Å². The van der Waals surface area contributed by atoms with Gasteiger partial charge in [0, 0.05) is 23.7 Å². The van der Waals surface area contributed by atoms with Crippen LogP contribution in [0.4, 0.5) is 0 Å². The van der Waals surface area contributed by atoms with Gasteiger partial charge in [0.1, 0.15) is 11.6 Å². The van der Waals surface area contributed by atoms with Crippen LogP contribution < -0.4 is 0 Å². The van der Waals surface area contributed by atoms with Crippen LogP contribution in [0, 0.1) is 28.6 Å². The highest BCUT2D eigenvalue weighted by Gasteiger charge is 2.36. The summed E-state index contributed by atoms with van der Waals surface area (Å²) in [4.78, 5) is 25.1. The van der Waals surface area contributed by atoms with Crippen LogP contribution in [0.3, 0.4) is 0 Å². The Hall–Kier alpha value is -0.700. The fourth-order valence-corrected chi connectivity index (χ4v) is 2.71. The maximum atomic E-state index is 12.6. The number of carbonyl (C=O) groups is 2. The first-order valence-electron chi connectivity index (χ1n) is 7.98. The first-order chi connectivity index (χ1) is 9.30. The molecule has 124 valence electrons. The Morgan fingerprint density at radius 1 is 1.00 bits per heavy atom. The van der Waals surface area contributed by atoms with E-state index in [1.54, 1.807) is 0 Å². The van der Waals surface area contributed by atoms with Gasteiger partial charge in [0.2, 0.25) is 0 Å². The molecule has 0 aromatic rings. The summed E-state index contributed by atoms with van der Waals surface area (Å²) in [5.41, 5.74) is -0.713. The topological polar surface area (TPSA) is 54.4 Å². The molecule has 0 aliphatic rings. The van der Waals surface area contributed by atoms with Crippen LogP contribution in [-0.4, -0.2) is 23.3 Å². The van der Waals surface area contributed by atoms with E-state index in [9.17, 15) is 14.7 Å². The van der Waals surface area contributed by atoms with Crippen LogP contribution in [0.25, 0.3) is 0 Å². The second kappa shape index (κ2) is 7.53. The number of rotatable bonds is 7. The molecule has 0 spiro atoms. The maximum absolute atomic E-state index is 12.6. The Balaban J connectivity index is 5.14. The van der Waals surface area contributed by atoms with Crippen LogP contribution in [0.2, 0.25) is 0 Å². The summed E-state index contributed by atoms with van der Waals surface area (Å²) in [6.45, 7) is 15.6. The minimum absolute atomic E-state index is 0.00764. The van der Waals surface area contributed by atoms with Gasteiger partial charge in [-0.25, -0.2) is 0 Å². The lowest BCUT2D eigenvalue weighted by Gasteiger charge is -2.31. The monoisotopic (exact) mass is 298 g/mol. The van der Waals surface area contributed by atoms with E-state index in [0.717, 1.165) is 6.42 Å². The average Bonchev–Trinajstić information content (AvgIpc) is 2.23. The normalized spacial score (nSPS) is 15.9. The predicted octanol–water partition coefficient (Wildman–Crippen LogP) is 3.88. The zero-order chi connectivity index (χ0) is 17.0. The Morgan fingerprint density at radius 2 is 1.48 bits per heavy atom. The van der Waals surface area contributed by atoms with Gasteiger partial charge in [-0.3, -0.25) is 9.59 Å². The van der Waals surface area contributed by atoms with Gasteiger partial charge >= 0.3 is 0 Å². The van der Waals surface area contributed by atoms with Crippen LogP contribution >= 0.6 is 0 Å². The minimum Gasteiger partial charge on any atom is -0.396 e. The molecule has 0 aliphatic heterocycles. The minimum atomic E-state index is -0.434. The highest BCUT2D eigenvalue weighted by molar-refractivity contribution is 5.91. The Bertz CT molecular complexity index is 356. The third-order valence-electron chi connectivity index (χ3n) is 3.93. The van der Waals surface area contributed by atoms with E-state index in [1.165, 1.54) is 0 Å². The predicted molar refractivity (Wildman–Crippen MR) is 87.1 cm³/mol. The molecule has 0 aromatic heterocycles. The van der Waals surface area contributed by atoms with E-state index < -0.39 is 11.3 Å². The molecule has 0 saturated heterocycles. The zero-order valence-corrected chi connectivity index (χ0v) is 15.1. The number of Topliss-reactive ketones (excluding diaryl/α,β-unsaturated/α-hetero) is 2. The summed E-state index contributed by atoms with van der Waals surface area (Å²) in [6.07, 6.45) is 0.973. The van der Waals surface area contributed by atoms with Gasteiger partial charge in [-0.1, -0.05) is 55.4 Å². The molecule has 0 aromatic carbocycles. The number of ketones is 2. The molecule has 2 atom stereocenters. The molecule has 0 heterocycles. The van der Waals surface area contributed by atoms with Crippen LogP contribution in [0.1, 0.15) is 68.2 Å². The lowest BCUT2D eigenvalue weighted by atomic mass is 9.72. The highest BCUT2D eigenvalue weighted by Crippen LogP contribution is 2.32. The van der Waals surface area contributed by atoms with Crippen molar-refractivity contribution in [3.8, 4) is 0 Å². The van der Waals surface area contributed by atoms with Crippen LogP contribution in [0.5, 0.6) is 0 Å². The number of carbonyl (C=O) groups excluding carboxylic acids is 2. The maximum Gasteiger partial charge on any atom is 0.141 e. The molecule has 0 unspecified atom stereocenters. The number of aliphatic hydroxyl groups is 1. The zero-order valence-electron chi connectivity index (χ0n) is 15.1. The van der Waals surface area contributed by atoms with Crippen molar-refractivity contribution in [2.45, 2.75) is 68.2 Å². The third kappa shape index (κ3) is 6.73. The van der Waals surface area contributed by atoms with Crippen molar-refractivity contribution in [2.75, 3.05) is 6.61 Å². The summed E-state index contributed by atoms with van der Waals surface area (Å²) >= 11 is 0. The van der Waals surface area contributed by atoms with Gasteiger partial charge in [-0.05, 0) is 17.8 Å². The Labute approximate surface area is 130 Å². The van der Waals surface area contributed by atoms with E-state index in [-0.39, 0.29) is 35.9 Å². The second-order valence-electron chi connectivity index (χ2n) is 8.71. The van der Waals surface area contributed by atoms with Gasteiger partial charge in [0.25, 0.3) is 0 Å². The summed E-state index contributed by atoms with van der Waals surface area (Å²) < 4.78 is 0. The van der Waals surface area contributed by atoms with Crippen LogP contribution in [-0.2, 0) is 9.59 Å². The number of hydrogen-bond acceptors (Lipinski definition) is 3. The second-order valence-corrected chi connectivity index (χ2v) is 8.71. The molecule has 0 aliphatic carbocycles. The highest BCUT2D eigenvalue weighted by atomic mass is 16.3. The lowest BCUT2D eigenvalue weighted by molar-refractivity contribution is -0.137. The summed E-state index contributed by atoms with van der Waals surface area (Å²) in [5, 5.41) is 9.52. The van der Waals surface area contributed by atoms with Crippen molar-refractivity contribution in [3.63, 3.8) is 0 Å². The number of aliphatic hydroxyl groups excluding tert-OH is 1. The molecule has 0 amide bonds. The largest absolute Gasteiger partial charge is 0.396 e. The fourth-order valence-electron chi connectivity index (χ4n) is 2.71. The summed E-state index contributed by atoms with van der Waals surface area (Å²) in [6, 6.07) is 0. The molecule has 0 radical (unpaired) electrons. The smallest absolute Gasteiger partial charge is 0.141 e. The fraction of sp³-hybridized carbons (Fsp3) is 0.889. The molecule has 0 saturated carbocycles. The first kappa shape index (κ1) is 20.3. The van der Waals surface area contributed by atoms with Crippen molar-refractivity contribution >= 4 is 11.6 Å². The molecule has 3 nitrogen and oxygen atoms in total. The van der Waals surface area contributed by atoms with Gasteiger partial charge in [0.15, 0.2) is 0 Å². The number of hydrogen-bond donors (Lipinski definition) is 1. The molecule has 0 rings (SSSR count). The van der Waals surface area contributed by atoms with Gasteiger partial charge in [0.05, 0.1) is 6.61 Å². The SMILES string of the molecule is CC(C)C[C@H](CC(=O)[C@H](CO)C(C)(C)C)C(=O)C(C)(C)C. The van der Waals surface area contributed by atoms with Gasteiger partial charge in [-0.15, -0.1) is 0 Å². The van der Waals surface area contributed by atoms with Crippen LogP contribution in [0.15, 0.2) is 0 Å². The van der Waals surface area contributed by atoms with Gasteiger partial charge < -0.3 is 5.11 Å². The first-order valence-corrected chi connectivity index (χ1v) is 7.98. The molecule has 21 heavy (non-hydrogen) atoms. The molecule has 1 N–H and O–H groups in total. The van der Waals surface area contributed by atoms with Crippen molar-refractivity contribution in [1.82, 2.24) is 0 Å². The Kier molecular flexibility index (Phi) is 7.28. The van der Waals surface area contributed by atoms with E-state index >= 15 is 0 Å². The van der Waals surface area contributed by atoms with E-state index in [0.29, 0.717) is 5.92 Å². The van der Waals surface area contributed by atoms with Crippen molar-refractivity contribution < 1.29 is 14.7 Å². The molecule has 3 heteroatoms. The molecule has 0 bridgehead atoms. The lowest BCUT2D eigenvalue weighted by Crippen LogP contribution is -2.36. The molecular weight excluding hydrogens is 264 g/mol. The standard InChI is InChI=1S/C18H34O3/c1-12(2)9-13(16(21)18(6,7)8)10-15(20)14(11-19)17(3,4)5/h12-14,19H,9-11H2,1-8H3/t13-,14+/m1/s1. The Morgan fingerprint density at radius 3 is 1.76 bits per heavy atom. The van der Waals surface area contributed by atoms with E-state index in [1.807, 2.05) is 41.5 Å².